The third-order valence-electron chi connectivity index (χ3n) is 4.59. The molecule has 8 heteroatoms. The van der Waals surface area contributed by atoms with Crippen LogP contribution in [0.3, 0.4) is 0 Å². The molecule has 0 aliphatic rings. The van der Waals surface area contributed by atoms with Crippen molar-refractivity contribution in [3.8, 4) is 11.3 Å². The summed E-state index contributed by atoms with van der Waals surface area (Å²) >= 11 is 1.28. The zero-order valence-electron chi connectivity index (χ0n) is 16.5. The first-order valence-electron chi connectivity index (χ1n) is 9.49. The number of anilines is 1. The molecule has 0 radical (unpaired) electrons. The number of rotatable bonds is 6. The number of amides is 1. The van der Waals surface area contributed by atoms with Crippen LogP contribution in [0.25, 0.3) is 22.2 Å². The number of nitrogens with one attached hydrogen (secondary N) is 1. The van der Waals surface area contributed by atoms with Gasteiger partial charge in [0.25, 0.3) is 0 Å². The summed E-state index contributed by atoms with van der Waals surface area (Å²) in [6, 6.07) is 17.6. The van der Waals surface area contributed by atoms with Crippen LogP contribution in [0.1, 0.15) is 17.3 Å². The van der Waals surface area contributed by atoms with Gasteiger partial charge in [0.2, 0.25) is 5.91 Å². The molecule has 4 rings (SSSR count). The molecule has 0 spiro atoms. The van der Waals surface area contributed by atoms with Crippen molar-refractivity contribution >= 4 is 40.2 Å². The van der Waals surface area contributed by atoms with Crippen LogP contribution in [-0.2, 0) is 4.79 Å². The van der Waals surface area contributed by atoms with E-state index >= 15 is 0 Å². The highest BCUT2D eigenvalue weighted by Crippen LogP contribution is 2.26. The van der Waals surface area contributed by atoms with Crippen molar-refractivity contribution in [2.24, 2.45) is 0 Å². The molecule has 2 aromatic heterocycles. The lowest BCUT2D eigenvalue weighted by molar-refractivity contribution is -0.115. The number of carbonyl (C=O) groups excluding carboxylic acids is 1. The van der Waals surface area contributed by atoms with Gasteiger partial charge in [-0.1, -0.05) is 42.1 Å². The van der Waals surface area contributed by atoms with E-state index in [4.69, 9.17) is 0 Å². The Kier molecular flexibility index (Phi) is 5.90. The van der Waals surface area contributed by atoms with Gasteiger partial charge in [-0.2, -0.15) is 0 Å². The Hall–Kier alpha value is -3.78. The Balaban J connectivity index is 1.52. The molecule has 1 atom stereocenters. The number of carbonyl (C=O) groups is 2. The minimum absolute atomic E-state index is 0.165. The standard InChI is InChI=1S/C23H18N4O3S/c1-14(31-23-24-11-4-12-25-23)21(28)26-16-9-7-15(8-10-16)20-13-18(22(29)30)17-5-2-3-6-19(17)27-20/h2-14H,1H3,(H,26,28)(H,29,30). The summed E-state index contributed by atoms with van der Waals surface area (Å²) in [5.41, 5.74) is 2.76. The molecule has 0 bridgehead atoms. The number of hydrogen-bond acceptors (Lipinski definition) is 6. The van der Waals surface area contributed by atoms with E-state index in [1.54, 1.807) is 73.9 Å². The summed E-state index contributed by atoms with van der Waals surface area (Å²) in [7, 11) is 0. The van der Waals surface area contributed by atoms with E-state index in [0.29, 0.717) is 27.4 Å². The van der Waals surface area contributed by atoms with E-state index in [1.807, 2.05) is 6.07 Å². The highest BCUT2D eigenvalue weighted by Gasteiger charge is 2.16. The molecule has 7 nitrogen and oxygen atoms in total. The van der Waals surface area contributed by atoms with Crippen LogP contribution in [0.2, 0.25) is 0 Å². The van der Waals surface area contributed by atoms with Gasteiger partial charge in [-0.15, -0.1) is 0 Å². The molecule has 0 saturated carbocycles. The molecule has 0 aliphatic carbocycles. The number of benzene rings is 2. The molecule has 0 aliphatic heterocycles. The molecule has 4 aromatic rings. The van der Waals surface area contributed by atoms with Gasteiger partial charge < -0.3 is 10.4 Å². The fourth-order valence-electron chi connectivity index (χ4n) is 3.03. The molecule has 154 valence electrons. The number of pyridine rings is 1. The Bertz CT molecular complexity index is 1250. The van der Waals surface area contributed by atoms with Gasteiger partial charge in [0.05, 0.1) is 22.0 Å². The smallest absolute Gasteiger partial charge is 0.336 e. The number of thioether (sulfide) groups is 1. The van der Waals surface area contributed by atoms with Gasteiger partial charge in [0.1, 0.15) is 0 Å². The number of carboxylic acids is 1. The van der Waals surface area contributed by atoms with Gasteiger partial charge in [0, 0.05) is 29.0 Å². The van der Waals surface area contributed by atoms with Crippen molar-refractivity contribution < 1.29 is 14.7 Å². The largest absolute Gasteiger partial charge is 0.478 e. The maximum Gasteiger partial charge on any atom is 0.336 e. The monoisotopic (exact) mass is 430 g/mol. The van der Waals surface area contributed by atoms with E-state index in [9.17, 15) is 14.7 Å². The third-order valence-corrected chi connectivity index (χ3v) is 5.58. The van der Waals surface area contributed by atoms with Crippen LogP contribution in [0.15, 0.2) is 78.2 Å². The van der Waals surface area contributed by atoms with Crippen molar-refractivity contribution in [3.63, 3.8) is 0 Å². The quantitative estimate of drug-likeness (QED) is 0.342. The van der Waals surface area contributed by atoms with Crippen molar-refractivity contribution in [2.75, 3.05) is 5.32 Å². The van der Waals surface area contributed by atoms with E-state index in [1.165, 1.54) is 11.8 Å². The van der Waals surface area contributed by atoms with Crippen LogP contribution in [0.4, 0.5) is 5.69 Å². The lowest BCUT2D eigenvalue weighted by Gasteiger charge is -2.12. The zero-order valence-corrected chi connectivity index (χ0v) is 17.3. The van der Waals surface area contributed by atoms with Gasteiger partial charge >= 0.3 is 5.97 Å². The molecular formula is C23H18N4O3S. The molecule has 0 fully saturated rings. The predicted octanol–water partition coefficient (Wildman–Crippen LogP) is 4.51. The van der Waals surface area contributed by atoms with E-state index < -0.39 is 5.97 Å². The summed E-state index contributed by atoms with van der Waals surface area (Å²) < 4.78 is 0. The molecule has 2 aromatic carbocycles. The fourth-order valence-corrected chi connectivity index (χ4v) is 3.75. The van der Waals surface area contributed by atoms with Crippen molar-refractivity contribution in [2.45, 2.75) is 17.3 Å². The Morgan fingerprint density at radius 1 is 1.00 bits per heavy atom. The second-order valence-electron chi connectivity index (χ2n) is 6.74. The molecule has 31 heavy (non-hydrogen) atoms. The minimum Gasteiger partial charge on any atom is -0.478 e. The summed E-state index contributed by atoms with van der Waals surface area (Å²) in [5, 5.41) is 13.2. The van der Waals surface area contributed by atoms with Crippen LogP contribution in [0.5, 0.6) is 0 Å². The van der Waals surface area contributed by atoms with Crippen molar-refractivity contribution in [1.29, 1.82) is 0 Å². The summed E-state index contributed by atoms with van der Waals surface area (Å²) in [4.78, 5) is 37.0. The first-order chi connectivity index (χ1) is 15.0. The number of hydrogen-bond donors (Lipinski definition) is 2. The van der Waals surface area contributed by atoms with Crippen LogP contribution < -0.4 is 5.32 Å². The Labute approximate surface area is 182 Å². The zero-order chi connectivity index (χ0) is 21.8. The first-order valence-corrected chi connectivity index (χ1v) is 10.4. The second-order valence-corrected chi connectivity index (χ2v) is 8.04. The van der Waals surface area contributed by atoms with Gasteiger partial charge in [0.15, 0.2) is 5.16 Å². The highest BCUT2D eigenvalue weighted by molar-refractivity contribution is 8.00. The molecule has 2 N–H and O–H groups in total. The van der Waals surface area contributed by atoms with Gasteiger partial charge in [-0.05, 0) is 37.3 Å². The van der Waals surface area contributed by atoms with E-state index in [0.717, 1.165) is 5.56 Å². The second kappa shape index (κ2) is 8.93. The normalized spacial score (nSPS) is 11.8. The van der Waals surface area contributed by atoms with Crippen LogP contribution >= 0.6 is 11.8 Å². The molecule has 0 saturated heterocycles. The maximum atomic E-state index is 12.5. The average molecular weight is 430 g/mol. The molecule has 1 unspecified atom stereocenters. The lowest BCUT2D eigenvalue weighted by atomic mass is 10.0. The topological polar surface area (TPSA) is 105 Å². The Morgan fingerprint density at radius 3 is 2.42 bits per heavy atom. The van der Waals surface area contributed by atoms with Crippen molar-refractivity contribution in [1.82, 2.24) is 15.0 Å². The van der Waals surface area contributed by atoms with E-state index in [-0.39, 0.29) is 16.7 Å². The fraction of sp³-hybridized carbons (Fsp3) is 0.0870. The lowest BCUT2D eigenvalue weighted by Crippen LogP contribution is -2.22. The number of nitrogens with zero attached hydrogens (tertiary/aromatic N) is 3. The third kappa shape index (κ3) is 4.70. The molecule has 2 heterocycles. The van der Waals surface area contributed by atoms with Gasteiger partial charge in [-0.25, -0.2) is 19.7 Å². The Morgan fingerprint density at radius 2 is 1.71 bits per heavy atom. The van der Waals surface area contributed by atoms with E-state index in [2.05, 4.69) is 20.3 Å². The molecule has 1 amide bonds. The number of carboxylic acid groups (broad SMARTS) is 1. The predicted molar refractivity (Wildman–Crippen MR) is 120 cm³/mol. The highest BCUT2D eigenvalue weighted by atomic mass is 32.2. The average Bonchev–Trinajstić information content (AvgIpc) is 2.79. The van der Waals surface area contributed by atoms with Gasteiger partial charge in [-0.3, -0.25) is 4.79 Å². The summed E-state index contributed by atoms with van der Waals surface area (Å²) in [6.07, 6.45) is 3.27. The summed E-state index contributed by atoms with van der Waals surface area (Å²) in [5.74, 6) is -1.17. The number of fused-ring (bicyclic) bond motifs is 1. The van der Waals surface area contributed by atoms with Crippen LogP contribution in [-0.4, -0.2) is 37.2 Å². The SMILES string of the molecule is CC(Sc1ncccn1)C(=O)Nc1ccc(-c2cc(C(=O)O)c3ccccc3n2)cc1. The van der Waals surface area contributed by atoms with Crippen molar-refractivity contribution in [3.05, 3.63) is 78.6 Å². The number of para-hydroxylation sites is 1. The summed E-state index contributed by atoms with van der Waals surface area (Å²) in [6.45, 7) is 1.79. The first kappa shape index (κ1) is 20.5. The van der Waals surface area contributed by atoms with Crippen LogP contribution in [0, 0.1) is 0 Å². The molecular weight excluding hydrogens is 412 g/mol. The maximum absolute atomic E-state index is 12.5. The number of aromatic carboxylic acids is 1. The number of aromatic nitrogens is 3. The minimum atomic E-state index is -1.00.